The Morgan fingerprint density at radius 3 is 2.44 bits per heavy atom. The topological polar surface area (TPSA) is 81.6 Å². The smallest absolute Gasteiger partial charge is 0.411 e. The van der Waals surface area contributed by atoms with Crippen LogP contribution in [0, 0.1) is 0 Å². The first-order valence-corrected chi connectivity index (χ1v) is 14.5. The molecule has 2 aromatic carbocycles. The Kier molecular flexibility index (Phi) is 6.74. The lowest BCUT2D eigenvalue weighted by Gasteiger charge is -2.30. The van der Waals surface area contributed by atoms with Crippen molar-refractivity contribution >= 4 is 38.3 Å². The molecule has 36 heavy (non-hydrogen) atoms. The molecule has 0 aliphatic heterocycles. The lowest BCUT2D eigenvalue weighted by Crippen LogP contribution is -2.26. The van der Waals surface area contributed by atoms with Crippen molar-refractivity contribution < 1.29 is 18.5 Å². The molecule has 0 spiro atoms. The number of hydrogen-bond acceptors (Lipinski definition) is 4. The van der Waals surface area contributed by atoms with Crippen LogP contribution in [0.4, 0.5) is 10.5 Å². The van der Waals surface area contributed by atoms with E-state index in [1.807, 2.05) is 57.2 Å². The summed E-state index contributed by atoms with van der Waals surface area (Å²) in [4.78, 5) is 12.8. The van der Waals surface area contributed by atoms with Crippen LogP contribution in [0.2, 0.25) is 0 Å². The van der Waals surface area contributed by atoms with Crippen LogP contribution < -0.4 is 14.8 Å². The minimum Gasteiger partial charge on any atom is -0.494 e. The Morgan fingerprint density at radius 2 is 1.86 bits per heavy atom. The highest BCUT2D eigenvalue weighted by Crippen LogP contribution is 2.45. The normalized spacial score (nSPS) is 17.6. The van der Waals surface area contributed by atoms with Gasteiger partial charge in [-0.1, -0.05) is 12.1 Å². The third-order valence-electron chi connectivity index (χ3n) is 6.69. The molecular weight excluding hydrogens is 474 g/mol. The molecule has 2 fully saturated rings. The van der Waals surface area contributed by atoms with E-state index in [-0.39, 0.29) is 12.1 Å². The van der Waals surface area contributed by atoms with Gasteiger partial charge in [0.05, 0.1) is 38.5 Å². The van der Waals surface area contributed by atoms with E-state index in [2.05, 4.69) is 26.5 Å². The van der Waals surface area contributed by atoms with Crippen molar-refractivity contribution in [1.29, 1.82) is 0 Å². The Bertz CT molecular complexity index is 1370. The first kappa shape index (κ1) is 24.7. The van der Waals surface area contributed by atoms with Crippen LogP contribution in [0.5, 0.6) is 5.75 Å². The highest BCUT2D eigenvalue weighted by atomic mass is 32.2. The van der Waals surface area contributed by atoms with E-state index in [9.17, 15) is 9.00 Å². The second-order valence-corrected chi connectivity index (χ2v) is 12.0. The summed E-state index contributed by atoms with van der Waals surface area (Å²) in [5, 5.41) is 3.71. The Balaban J connectivity index is 1.65. The molecule has 8 heteroatoms. The van der Waals surface area contributed by atoms with Gasteiger partial charge in [0.2, 0.25) is 0 Å². The predicted molar refractivity (Wildman–Crippen MR) is 146 cm³/mol. The van der Waals surface area contributed by atoms with E-state index >= 15 is 0 Å². The zero-order valence-electron chi connectivity index (χ0n) is 21.2. The maximum Gasteiger partial charge on any atom is 0.411 e. The molecule has 2 N–H and O–H groups in total. The van der Waals surface area contributed by atoms with E-state index in [1.165, 1.54) is 6.42 Å². The van der Waals surface area contributed by atoms with Crippen molar-refractivity contribution in [3.05, 3.63) is 42.5 Å². The molecule has 2 aliphatic carbocycles. The van der Waals surface area contributed by atoms with Crippen LogP contribution in [0.25, 0.3) is 22.2 Å². The quantitative estimate of drug-likeness (QED) is 0.340. The second kappa shape index (κ2) is 9.82. The molecule has 3 aromatic rings. The van der Waals surface area contributed by atoms with Gasteiger partial charge in [0.25, 0.3) is 0 Å². The summed E-state index contributed by atoms with van der Waals surface area (Å²) in [6.07, 6.45) is 4.67. The van der Waals surface area contributed by atoms with Crippen LogP contribution in [0.3, 0.4) is 0 Å². The van der Waals surface area contributed by atoms with Crippen molar-refractivity contribution in [3.63, 3.8) is 0 Å². The molecule has 1 aromatic heterocycles. The number of nitrogens with one attached hydrogen (secondary N) is 2. The number of carbonyl (C=O) groups excluding carboxylic acids is 1. The highest BCUT2D eigenvalue weighted by Gasteiger charge is 2.33. The molecule has 0 radical (unpaired) electrons. The van der Waals surface area contributed by atoms with Crippen molar-refractivity contribution in [2.24, 2.45) is 0 Å². The van der Waals surface area contributed by atoms with E-state index in [0.29, 0.717) is 18.3 Å². The number of hydrogen-bond donors (Lipinski definition) is 2. The van der Waals surface area contributed by atoms with E-state index < -0.39 is 15.8 Å². The minimum atomic E-state index is -2.77. The van der Waals surface area contributed by atoms with E-state index in [1.54, 1.807) is 0 Å². The monoisotopic (exact) mass is 509 g/mol. The summed E-state index contributed by atoms with van der Waals surface area (Å²) in [7, 11) is -2.77. The summed E-state index contributed by atoms with van der Waals surface area (Å²) in [6.45, 7) is 6.18. The number of benzene rings is 2. The summed E-state index contributed by atoms with van der Waals surface area (Å²) < 4.78 is 30.9. The fourth-order valence-electron chi connectivity index (χ4n) is 4.75. The third-order valence-corrected chi connectivity index (χ3v) is 8.48. The van der Waals surface area contributed by atoms with Crippen LogP contribution >= 0.6 is 0 Å². The van der Waals surface area contributed by atoms with Gasteiger partial charge in [0.15, 0.2) is 0 Å². The maximum absolute atomic E-state index is 14.2. The molecule has 2 aliphatic rings. The van der Waals surface area contributed by atoms with Crippen molar-refractivity contribution in [2.45, 2.75) is 76.0 Å². The number of carbonyl (C=O) groups is 1. The van der Waals surface area contributed by atoms with Gasteiger partial charge in [-0.25, -0.2) is 13.7 Å². The van der Waals surface area contributed by atoms with Crippen molar-refractivity contribution in [2.75, 3.05) is 11.9 Å². The van der Waals surface area contributed by atoms with Gasteiger partial charge in [-0.15, -0.1) is 0 Å². The van der Waals surface area contributed by atoms with Gasteiger partial charge in [-0.3, -0.25) is 5.32 Å². The van der Waals surface area contributed by atoms with Gasteiger partial charge in [0.1, 0.15) is 5.75 Å². The zero-order valence-corrected chi connectivity index (χ0v) is 22.0. The van der Waals surface area contributed by atoms with Crippen LogP contribution in [0.1, 0.15) is 58.9 Å². The first-order chi connectivity index (χ1) is 17.3. The van der Waals surface area contributed by atoms with Crippen LogP contribution in [-0.2, 0) is 14.4 Å². The fraction of sp³-hybridized carbons (Fsp3) is 0.429. The number of aromatic nitrogens is 1. The zero-order chi connectivity index (χ0) is 25.4. The SMILES string of the molecule is C=S(=O)(NC1CC1)c1c(-c2ccc(NC(=O)OC(C)C)cc2)n(C2CCC2)c2cc(OCC)ccc12. The maximum atomic E-state index is 14.2. The molecule has 1 amide bonds. The number of anilines is 1. The molecule has 0 saturated heterocycles. The molecule has 1 unspecified atom stereocenters. The molecule has 7 nitrogen and oxygen atoms in total. The predicted octanol–water partition coefficient (Wildman–Crippen LogP) is 6.13. The number of amides is 1. The molecule has 1 atom stereocenters. The molecule has 5 rings (SSSR count). The van der Waals surface area contributed by atoms with Gasteiger partial charge in [0, 0.05) is 29.2 Å². The molecule has 1 heterocycles. The summed E-state index contributed by atoms with van der Waals surface area (Å²) in [6, 6.07) is 14.2. The number of fused-ring (bicyclic) bond motifs is 1. The first-order valence-electron chi connectivity index (χ1n) is 12.8. The van der Waals surface area contributed by atoms with Gasteiger partial charge >= 0.3 is 6.09 Å². The lowest BCUT2D eigenvalue weighted by molar-refractivity contribution is 0.130. The summed E-state index contributed by atoms with van der Waals surface area (Å²) in [5.41, 5.74) is 3.52. The largest absolute Gasteiger partial charge is 0.494 e. The second-order valence-electron chi connectivity index (χ2n) is 9.97. The van der Waals surface area contributed by atoms with Crippen LogP contribution in [0.15, 0.2) is 47.4 Å². The standard InChI is InChI=1S/C28H35N3O4S/c1-5-34-23-15-16-24-25(17-23)31(22-7-6-8-22)26(27(24)36(4,33)30-21-13-14-21)19-9-11-20(12-10-19)29-28(32)35-18(2)3/h9-12,15-18,21-22H,4-8,13-14H2,1-3H3,(H,29,32)(H,30,33). The third kappa shape index (κ3) is 4.97. The molecular formula is C28H35N3O4S. The Morgan fingerprint density at radius 1 is 1.14 bits per heavy atom. The Labute approximate surface area is 213 Å². The van der Waals surface area contributed by atoms with Gasteiger partial charge in [-0.05, 0) is 88.6 Å². The summed E-state index contributed by atoms with van der Waals surface area (Å²) >= 11 is 0. The van der Waals surface area contributed by atoms with Crippen LogP contribution in [-0.4, -0.2) is 39.5 Å². The molecule has 0 bridgehead atoms. The average Bonchev–Trinajstić information content (AvgIpc) is 3.52. The van der Waals surface area contributed by atoms with Crippen molar-refractivity contribution in [1.82, 2.24) is 9.29 Å². The lowest BCUT2D eigenvalue weighted by atomic mass is 9.92. The van der Waals surface area contributed by atoms with Gasteiger partial charge < -0.3 is 14.0 Å². The minimum absolute atomic E-state index is 0.198. The number of rotatable bonds is 9. The van der Waals surface area contributed by atoms with Crippen molar-refractivity contribution in [3.8, 4) is 17.0 Å². The average molecular weight is 510 g/mol. The number of nitrogens with zero attached hydrogens (tertiary/aromatic N) is 1. The van der Waals surface area contributed by atoms with E-state index in [4.69, 9.17) is 9.47 Å². The highest BCUT2D eigenvalue weighted by molar-refractivity contribution is 7.98. The molecule has 192 valence electrons. The van der Waals surface area contributed by atoms with E-state index in [0.717, 1.165) is 58.5 Å². The Hall–Kier alpha value is -2.97. The fourth-order valence-corrected chi connectivity index (χ4v) is 6.70. The van der Waals surface area contributed by atoms with Gasteiger partial charge in [-0.2, -0.15) is 0 Å². The number of ether oxygens (including phenoxy) is 2. The molecule has 2 saturated carbocycles. The summed E-state index contributed by atoms with van der Waals surface area (Å²) in [5.74, 6) is 5.02.